The summed E-state index contributed by atoms with van der Waals surface area (Å²) >= 11 is 0. The number of sulfonamides is 1. The average molecular weight is 341 g/mol. The summed E-state index contributed by atoms with van der Waals surface area (Å²) < 4.78 is 45.1. The minimum atomic E-state index is -3.71. The summed E-state index contributed by atoms with van der Waals surface area (Å²) in [5, 5.41) is 10.5. The van der Waals surface area contributed by atoms with Crippen molar-refractivity contribution in [1.29, 1.82) is 0 Å². The summed E-state index contributed by atoms with van der Waals surface area (Å²) in [6, 6.07) is 7.08. The number of furan rings is 1. The summed E-state index contributed by atoms with van der Waals surface area (Å²) in [6.45, 7) is 4.76. The quantitative estimate of drug-likeness (QED) is 0.845. The molecule has 1 atom stereocenters. The van der Waals surface area contributed by atoms with Crippen LogP contribution in [0.5, 0.6) is 0 Å². The van der Waals surface area contributed by atoms with Gasteiger partial charge >= 0.3 is 0 Å². The maximum absolute atomic E-state index is 13.1. The molecule has 1 aromatic carbocycles. The fraction of sp³-hybridized carbons (Fsp3) is 0.375. The smallest absolute Gasteiger partial charge is 0.215 e. The van der Waals surface area contributed by atoms with Crippen LogP contribution in [0.3, 0.4) is 0 Å². The predicted octanol–water partition coefficient (Wildman–Crippen LogP) is 2.36. The maximum atomic E-state index is 13.1. The molecule has 0 aliphatic heterocycles. The molecule has 0 unspecified atom stereocenters. The second kappa shape index (κ2) is 6.43. The Hall–Kier alpha value is -1.70. The molecule has 2 N–H and O–H groups in total. The van der Waals surface area contributed by atoms with Crippen molar-refractivity contribution in [3.8, 4) is 0 Å². The van der Waals surface area contributed by atoms with Gasteiger partial charge in [0.25, 0.3) is 0 Å². The third-order valence-corrected chi connectivity index (χ3v) is 4.80. The number of benzene rings is 1. The molecule has 2 aromatic rings. The summed E-state index contributed by atoms with van der Waals surface area (Å²) in [6.07, 6.45) is 0. The summed E-state index contributed by atoms with van der Waals surface area (Å²) in [7, 11) is -3.71. The van der Waals surface area contributed by atoms with Crippen LogP contribution in [0.1, 0.15) is 29.6 Å². The molecular weight excluding hydrogens is 321 g/mol. The van der Waals surface area contributed by atoms with Crippen LogP contribution in [0, 0.1) is 19.7 Å². The van der Waals surface area contributed by atoms with Crippen molar-refractivity contribution in [2.75, 3.05) is 6.54 Å². The first-order valence-electron chi connectivity index (χ1n) is 7.11. The Morgan fingerprint density at radius 1 is 1.30 bits per heavy atom. The highest BCUT2D eigenvalue weighted by Gasteiger charge is 2.29. The lowest BCUT2D eigenvalue weighted by molar-refractivity contribution is 0.0612. The van der Waals surface area contributed by atoms with Gasteiger partial charge in [0.15, 0.2) is 0 Å². The third kappa shape index (κ3) is 4.63. The zero-order valence-electron chi connectivity index (χ0n) is 13.3. The van der Waals surface area contributed by atoms with Crippen LogP contribution in [0.15, 0.2) is 34.7 Å². The minimum Gasteiger partial charge on any atom is -0.466 e. The lowest BCUT2D eigenvalue weighted by atomic mass is 9.97. The van der Waals surface area contributed by atoms with E-state index in [0.29, 0.717) is 22.6 Å². The van der Waals surface area contributed by atoms with Gasteiger partial charge in [-0.15, -0.1) is 0 Å². The first kappa shape index (κ1) is 17.7. The SMILES string of the molecule is Cc1cc([C@@](C)(O)CNS(=O)(=O)Cc2cccc(F)c2)c(C)o1. The monoisotopic (exact) mass is 341 g/mol. The summed E-state index contributed by atoms with van der Waals surface area (Å²) in [4.78, 5) is 0. The normalized spacial score (nSPS) is 14.7. The molecular formula is C16H20FNO4S. The second-order valence-electron chi connectivity index (χ2n) is 5.81. The molecule has 126 valence electrons. The van der Waals surface area contributed by atoms with Crippen molar-refractivity contribution >= 4 is 10.0 Å². The molecule has 0 radical (unpaired) electrons. The van der Waals surface area contributed by atoms with Crippen LogP contribution >= 0.6 is 0 Å². The zero-order chi connectivity index (χ0) is 17.3. The molecule has 0 fully saturated rings. The van der Waals surface area contributed by atoms with E-state index < -0.39 is 21.4 Å². The molecule has 1 aromatic heterocycles. The Kier molecular flexibility index (Phi) is 4.93. The molecule has 0 amide bonds. The highest BCUT2D eigenvalue weighted by atomic mass is 32.2. The number of halogens is 1. The molecule has 2 rings (SSSR count). The van der Waals surface area contributed by atoms with Gasteiger partial charge in [0, 0.05) is 12.1 Å². The predicted molar refractivity (Wildman–Crippen MR) is 84.8 cm³/mol. The van der Waals surface area contributed by atoms with Gasteiger partial charge in [-0.25, -0.2) is 17.5 Å². The lowest BCUT2D eigenvalue weighted by Gasteiger charge is -2.23. The van der Waals surface area contributed by atoms with Gasteiger partial charge in [-0.3, -0.25) is 0 Å². The van der Waals surface area contributed by atoms with Crippen molar-refractivity contribution in [2.24, 2.45) is 0 Å². The maximum Gasteiger partial charge on any atom is 0.215 e. The molecule has 0 spiro atoms. The van der Waals surface area contributed by atoms with Crippen molar-refractivity contribution in [3.05, 3.63) is 58.8 Å². The first-order valence-corrected chi connectivity index (χ1v) is 8.76. The third-order valence-electron chi connectivity index (χ3n) is 3.50. The van der Waals surface area contributed by atoms with E-state index in [1.807, 2.05) is 0 Å². The fourth-order valence-corrected chi connectivity index (χ4v) is 3.63. The Morgan fingerprint density at radius 2 is 2.00 bits per heavy atom. The zero-order valence-corrected chi connectivity index (χ0v) is 14.1. The van der Waals surface area contributed by atoms with E-state index in [4.69, 9.17) is 4.42 Å². The van der Waals surface area contributed by atoms with Crippen LogP contribution in [0.25, 0.3) is 0 Å². The van der Waals surface area contributed by atoms with Crippen LogP contribution in [0.2, 0.25) is 0 Å². The molecule has 0 saturated heterocycles. The highest BCUT2D eigenvalue weighted by Crippen LogP contribution is 2.26. The van der Waals surface area contributed by atoms with Crippen LogP contribution in [-0.4, -0.2) is 20.1 Å². The number of rotatable bonds is 6. The highest BCUT2D eigenvalue weighted by molar-refractivity contribution is 7.88. The molecule has 23 heavy (non-hydrogen) atoms. The van der Waals surface area contributed by atoms with Gasteiger partial charge in [-0.1, -0.05) is 12.1 Å². The van der Waals surface area contributed by atoms with Crippen LogP contribution < -0.4 is 4.72 Å². The Bertz CT molecular complexity index is 796. The topological polar surface area (TPSA) is 79.5 Å². The van der Waals surface area contributed by atoms with Crippen molar-refractivity contribution < 1.29 is 22.3 Å². The van der Waals surface area contributed by atoms with Gasteiger partial charge in [-0.05, 0) is 44.5 Å². The van der Waals surface area contributed by atoms with Gasteiger partial charge in [0.05, 0.1) is 5.75 Å². The lowest BCUT2D eigenvalue weighted by Crippen LogP contribution is -2.39. The second-order valence-corrected chi connectivity index (χ2v) is 7.62. The van der Waals surface area contributed by atoms with Crippen molar-refractivity contribution in [1.82, 2.24) is 4.72 Å². The molecule has 0 bridgehead atoms. The van der Waals surface area contributed by atoms with Gasteiger partial charge < -0.3 is 9.52 Å². The molecule has 0 aliphatic carbocycles. The van der Waals surface area contributed by atoms with E-state index in [0.717, 1.165) is 0 Å². The van der Waals surface area contributed by atoms with E-state index in [1.165, 1.54) is 31.2 Å². The van der Waals surface area contributed by atoms with Gasteiger partial charge in [0.2, 0.25) is 10.0 Å². The van der Waals surface area contributed by atoms with E-state index in [-0.39, 0.29) is 12.3 Å². The van der Waals surface area contributed by atoms with Gasteiger partial charge in [0.1, 0.15) is 22.9 Å². The van der Waals surface area contributed by atoms with E-state index in [2.05, 4.69) is 4.72 Å². The standard InChI is InChI=1S/C16H20FNO4S/c1-11-7-15(12(2)22-11)16(3,19)10-18-23(20,21)9-13-5-4-6-14(17)8-13/h4-8,18-19H,9-10H2,1-3H3/t16-/m0/s1. The Balaban J connectivity index is 2.07. The molecule has 5 nitrogen and oxygen atoms in total. The molecule has 0 saturated carbocycles. The van der Waals surface area contributed by atoms with E-state index in [1.54, 1.807) is 19.9 Å². The van der Waals surface area contributed by atoms with Gasteiger partial charge in [-0.2, -0.15) is 0 Å². The molecule has 0 aliphatic rings. The number of hydrogen-bond donors (Lipinski definition) is 2. The average Bonchev–Trinajstić information content (AvgIpc) is 2.76. The molecule has 7 heteroatoms. The minimum absolute atomic E-state index is 0.204. The Labute approximate surface area is 135 Å². The largest absolute Gasteiger partial charge is 0.466 e. The molecule has 1 heterocycles. The van der Waals surface area contributed by atoms with Crippen LogP contribution in [-0.2, 0) is 21.4 Å². The number of nitrogens with one attached hydrogen (secondary N) is 1. The van der Waals surface area contributed by atoms with Crippen LogP contribution in [0.4, 0.5) is 4.39 Å². The fourth-order valence-electron chi connectivity index (χ4n) is 2.41. The summed E-state index contributed by atoms with van der Waals surface area (Å²) in [5.41, 5.74) is -0.535. The number of aliphatic hydroxyl groups is 1. The first-order chi connectivity index (χ1) is 10.6. The Morgan fingerprint density at radius 3 is 2.57 bits per heavy atom. The summed E-state index contributed by atoms with van der Waals surface area (Å²) in [5.74, 6) is 0.330. The number of hydrogen-bond acceptors (Lipinski definition) is 4. The van der Waals surface area contributed by atoms with Crippen molar-refractivity contribution in [2.45, 2.75) is 32.1 Å². The number of aryl methyl sites for hydroxylation is 2. The van der Waals surface area contributed by atoms with E-state index in [9.17, 15) is 17.9 Å². The van der Waals surface area contributed by atoms with Crippen molar-refractivity contribution in [3.63, 3.8) is 0 Å². The van der Waals surface area contributed by atoms with E-state index >= 15 is 0 Å².